The fourth-order valence-corrected chi connectivity index (χ4v) is 3.03. The summed E-state index contributed by atoms with van der Waals surface area (Å²) < 4.78 is 0. The Balaban J connectivity index is 0.000000183. The van der Waals surface area contributed by atoms with E-state index in [9.17, 15) is 0 Å². The minimum Gasteiger partial charge on any atom is -0.683 e. The molecule has 5 rings (SSSR count). The van der Waals surface area contributed by atoms with Crippen molar-refractivity contribution in [3.63, 3.8) is 0 Å². The topological polar surface area (TPSA) is 39.9 Å². The Kier molecular flexibility index (Phi) is 8.48. The molecule has 0 saturated carbocycles. The Morgan fingerprint density at radius 1 is 0.710 bits per heavy atom. The first kappa shape index (κ1) is 22.4. The van der Waals surface area contributed by atoms with Crippen molar-refractivity contribution in [2.45, 2.75) is 6.04 Å². The molecule has 2 aromatic carbocycles. The van der Waals surface area contributed by atoms with Crippen LogP contribution in [0.2, 0.25) is 0 Å². The average Bonchev–Trinajstić information content (AvgIpc) is 2.87. The largest absolute Gasteiger partial charge is 3.00 e. The van der Waals surface area contributed by atoms with E-state index in [1.807, 2.05) is 97.2 Å². The summed E-state index contributed by atoms with van der Waals surface area (Å²) in [4.78, 5) is 8.58. The maximum atomic E-state index is 4.46. The molecule has 0 N–H and O–H groups in total. The predicted octanol–water partition coefficient (Wildman–Crippen LogP) is 6.45. The quantitative estimate of drug-likeness (QED) is 0.262. The van der Waals surface area contributed by atoms with Crippen LogP contribution in [0.5, 0.6) is 0 Å². The summed E-state index contributed by atoms with van der Waals surface area (Å²) in [6.45, 7) is 0. The third kappa shape index (κ3) is 6.32. The molecule has 4 heteroatoms. The van der Waals surface area contributed by atoms with Crippen LogP contribution in [0.4, 0.5) is 0 Å². The van der Waals surface area contributed by atoms with Gasteiger partial charge in [-0.25, -0.2) is 0 Å². The SMILES string of the molecule is [Ir+3].[c-]1ccccc1-c1ccccn1.[c-]1ccccc1C1C=C(c2ccccn2)C=C[N-]1. The molecule has 1 atom stereocenters. The summed E-state index contributed by atoms with van der Waals surface area (Å²) in [6.07, 6.45) is 9.54. The van der Waals surface area contributed by atoms with Crippen LogP contribution in [-0.4, -0.2) is 9.97 Å². The van der Waals surface area contributed by atoms with Gasteiger partial charge in [0.1, 0.15) is 0 Å². The van der Waals surface area contributed by atoms with Crippen molar-refractivity contribution in [2.75, 3.05) is 0 Å². The number of rotatable bonds is 3. The van der Waals surface area contributed by atoms with Crippen molar-refractivity contribution in [3.8, 4) is 11.3 Å². The molecular formula is C27H20IrN3. The van der Waals surface area contributed by atoms with Crippen molar-refractivity contribution in [1.29, 1.82) is 0 Å². The smallest absolute Gasteiger partial charge is 0.683 e. The molecule has 0 radical (unpaired) electrons. The van der Waals surface area contributed by atoms with Gasteiger partial charge in [-0.2, -0.15) is 42.1 Å². The Morgan fingerprint density at radius 2 is 1.39 bits per heavy atom. The van der Waals surface area contributed by atoms with E-state index in [4.69, 9.17) is 0 Å². The molecule has 152 valence electrons. The first-order valence-corrected chi connectivity index (χ1v) is 9.74. The van der Waals surface area contributed by atoms with Crippen LogP contribution >= 0.6 is 0 Å². The normalized spacial score (nSPS) is 14.2. The minimum absolute atomic E-state index is 0. The molecule has 1 aliphatic rings. The molecule has 3 nitrogen and oxygen atoms in total. The number of hydrogen-bond donors (Lipinski definition) is 0. The number of pyridine rings is 2. The van der Waals surface area contributed by atoms with Gasteiger partial charge < -0.3 is 10.3 Å². The second-order valence-electron chi connectivity index (χ2n) is 6.56. The van der Waals surface area contributed by atoms with Crippen LogP contribution in [-0.2, 0) is 20.1 Å². The second-order valence-corrected chi connectivity index (χ2v) is 6.56. The summed E-state index contributed by atoms with van der Waals surface area (Å²) >= 11 is 0. The van der Waals surface area contributed by atoms with Crippen LogP contribution in [0.25, 0.3) is 22.1 Å². The predicted molar refractivity (Wildman–Crippen MR) is 121 cm³/mol. The standard InChI is InChI=1S/C16H12N2.C11H8N.Ir/c1-2-6-13(7-3-1)16-12-14(9-11-18-16)15-8-4-5-10-17-15;1-2-6-10(7-3-1)11-8-4-5-9-12-11;/h1-6,8-12,16H;1-6,8-9H;/q-2;-1;+3. The molecule has 4 aromatic rings. The fourth-order valence-electron chi connectivity index (χ4n) is 3.03. The first-order chi connectivity index (χ1) is 14.9. The number of allylic oxidation sites excluding steroid dienone is 2. The van der Waals surface area contributed by atoms with Gasteiger partial charge in [-0.15, -0.1) is 35.9 Å². The molecule has 0 aliphatic carbocycles. The molecule has 2 aromatic heterocycles. The maximum Gasteiger partial charge on any atom is 3.00 e. The minimum atomic E-state index is 0. The molecular weight excluding hydrogens is 559 g/mol. The van der Waals surface area contributed by atoms with E-state index < -0.39 is 0 Å². The zero-order valence-electron chi connectivity index (χ0n) is 16.7. The summed E-state index contributed by atoms with van der Waals surface area (Å²) in [7, 11) is 0. The Labute approximate surface area is 197 Å². The van der Waals surface area contributed by atoms with Crippen LogP contribution < -0.4 is 0 Å². The molecule has 1 aliphatic heterocycles. The fraction of sp³-hybridized carbons (Fsp3) is 0.0370. The molecule has 3 heterocycles. The van der Waals surface area contributed by atoms with Crippen molar-refractivity contribution < 1.29 is 20.1 Å². The Morgan fingerprint density at radius 3 is 2.00 bits per heavy atom. The second kappa shape index (κ2) is 11.8. The van der Waals surface area contributed by atoms with Crippen molar-refractivity contribution in [2.24, 2.45) is 0 Å². The van der Waals surface area contributed by atoms with Gasteiger partial charge in [0.15, 0.2) is 0 Å². The van der Waals surface area contributed by atoms with Gasteiger partial charge in [0.05, 0.1) is 5.69 Å². The monoisotopic (exact) mass is 579 g/mol. The number of hydrogen-bond acceptors (Lipinski definition) is 2. The zero-order valence-corrected chi connectivity index (χ0v) is 19.1. The Bertz CT molecular complexity index is 1060. The van der Waals surface area contributed by atoms with E-state index in [0.29, 0.717) is 0 Å². The van der Waals surface area contributed by atoms with E-state index in [-0.39, 0.29) is 26.1 Å². The zero-order chi connectivity index (χ0) is 20.4. The van der Waals surface area contributed by atoms with Gasteiger partial charge in [-0.05, 0) is 29.5 Å². The van der Waals surface area contributed by atoms with Gasteiger partial charge in [0, 0.05) is 12.4 Å². The average molecular weight is 579 g/mol. The third-order valence-electron chi connectivity index (χ3n) is 4.50. The molecule has 1 unspecified atom stereocenters. The van der Waals surface area contributed by atoms with Gasteiger partial charge in [0.2, 0.25) is 0 Å². The van der Waals surface area contributed by atoms with Crippen LogP contribution in [0.1, 0.15) is 17.3 Å². The van der Waals surface area contributed by atoms with E-state index in [2.05, 4.69) is 33.5 Å². The molecule has 0 amide bonds. The van der Waals surface area contributed by atoms with E-state index in [1.165, 1.54) is 0 Å². The van der Waals surface area contributed by atoms with Crippen molar-refractivity contribution in [3.05, 3.63) is 144 Å². The summed E-state index contributed by atoms with van der Waals surface area (Å²) in [5.74, 6) is 0. The summed E-state index contributed by atoms with van der Waals surface area (Å²) in [5, 5.41) is 4.46. The Hall–Kier alpha value is -3.33. The van der Waals surface area contributed by atoms with E-state index >= 15 is 0 Å². The number of aromatic nitrogens is 2. The van der Waals surface area contributed by atoms with E-state index in [0.717, 1.165) is 28.1 Å². The van der Waals surface area contributed by atoms with Gasteiger partial charge in [-0.1, -0.05) is 36.4 Å². The summed E-state index contributed by atoms with van der Waals surface area (Å²) in [5.41, 5.74) is 5.17. The molecule has 31 heavy (non-hydrogen) atoms. The first-order valence-electron chi connectivity index (χ1n) is 9.74. The van der Waals surface area contributed by atoms with Crippen LogP contribution in [0, 0.1) is 12.1 Å². The molecule has 0 fully saturated rings. The number of benzene rings is 2. The van der Waals surface area contributed by atoms with Crippen LogP contribution in [0.15, 0.2) is 116 Å². The third-order valence-corrected chi connectivity index (χ3v) is 4.50. The maximum absolute atomic E-state index is 4.46. The van der Waals surface area contributed by atoms with Crippen LogP contribution in [0.3, 0.4) is 0 Å². The van der Waals surface area contributed by atoms with Gasteiger partial charge in [0.25, 0.3) is 0 Å². The van der Waals surface area contributed by atoms with Gasteiger partial charge >= 0.3 is 20.1 Å². The van der Waals surface area contributed by atoms with E-state index in [1.54, 1.807) is 12.4 Å². The molecule has 0 saturated heterocycles. The van der Waals surface area contributed by atoms with Gasteiger partial charge in [-0.3, -0.25) is 4.98 Å². The molecule has 0 bridgehead atoms. The molecule has 0 spiro atoms. The van der Waals surface area contributed by atoms with Crippen molar-refractivity contribution >= 4 is 5.57 Å². The number of nitrogens with zero attached hydrogens (tertiary/aromatic N) is 3. The summed E-state index contributed by atoms with van der Waals surface area (Å²) in [6, 6.07) is 33.9. The van der Waals surface area contributed by atoms with Crippen molar-refractivity contribution in [1.82, 2.24) is 9.97 Å².